The fourth-order valence-corrected chi connectivity index (χ4v) is 4.51. The number of aliphatic carboxylic acids is 2. The average molecular weight is 462 g/mol. The number of hydrogen-bond donors (Lipinski definition) is 3. The Morgan fingerprint density at radius 2 is 1.79 bits per heavy atom. The fraction of sp³-hybridized carbons (Fsp3) is 0.625. The molecule has 1 unspecified atom stereocenters. The van der Waals surface area contributed by atoms with E-state index in [1.165, 1.54) is 32.4 Å². The van der Waals surface area contributed by atoms with Crippen molar-refractivity contribution in [1.82, 2.24) is 10.2 Å². The van der Waals surface area contributed by atoms with Crippen LogP contribution in [-0.2, 0) is 14.4 Å². The number of benzene rings is 1. The van der Waals surface area contributed by atoms with Gasteiger partial charge in [0, 0.05) is 0 Å². The number of amides is 1. The lowest BCUT2D eigenvalue weighted by atomic mass is 10.1. The molecule has 0 spiro atoms. The van der Waals surface area contributed by atoms with E-state index in [1.54, 1.807) is 24.3 Å². The molecule has 1 fully saturated rings. The van der Waals surface area contributed by atoms with Crippen molar-refractivity contribution in [2.24, 2.45) is 0 Å². The second kappa shape index (κ2) is 12.6. The Morgan fingerprint density at radius 3 is 2.52 bits per heavy atom. The van der Waals surface area contributed by atoms with Gasteiger partial charge in [0.15, 0.2) is 0 Å². The van der Waals surface area contributed by atoms with Gasteiger partial charge in [0.2, 0.25) is 5.91 Å². The van der Waals surface area contributed by atoms with Crippen molar-refractivity contribution in [1.29, 1.82) is 0 Å². The summed E-state index contributed by atoms with van der Waals surface area (Å²) in [5, 5.41) is 21.9. The zero-order chi connectivity index (χ0) is 23.6. The number of unbranched alkanes of at least 4 members (excludes halogenated alkanes) is 3. The first-order chi connectivity index (χ1) is 16.0. The number of hydrogen-bond acceptors (Lipinski definition) is 6. The smallest absolute Gasteiger partial charge is 0.323 e. The molecule has 2 aliphatic rings. The van der Waals surface area contributed by atoms with E-state index in [1.807, 2.05) is 0 Å². The van der Waals surface area contributed by atoms with Crippen molar-refractivity contribution < 1.29 is 29.3 Å². The molecule has 0 aliphatic carbocycles. The highest BCUT2D eigenvalue weighted by Gasteiger charge is 2.35. The Kier molecular flexibility index (Phi) is 9.50. The number of anilines is 1. The number of fused-ring (bicyclic) bond motifs is 1. The minimum atomic E-state index is -1.15. The summed E-state index contributed by atoms with van der Waals surface area (Å²) in [6.07, 6.45) is 8.13. The Morgan fingerprint density at radius 1 is 1.06 bits per heavy atom. The molecule has 9 heteroatoms. The number of ether oxygens (including phenoxy) is 1. The van der Waals surface area contributed by atoms with Crippen LogP contribution in [0.4, 0.5) is 5.69 Å². The van der Waals surface area contributed by atoms with Gasteiger partial charge in [-0.2, -0.15) is 0 Å². The first-order valence-corrected chi connectivity index (χ1v) is 11.9. The summed E-state index contributed by atoms with van der Waals surface area (Å²) in [5.74, 6) is -2.28. The number of rotatable bonds is 12. The Balaban J connectivity index is 1.51. The summed E-state index contributed by atoms with van der Waals surface area (Å²) in [4.78, 5) is 39.9. The van der Waals surface area contributed by atoms with Crippen molar-refractivity contribution >= 4 is 23.5 Å². The van der Waals surface area contributed by atoms with Gasteiger partial charge in [-0.05, 0) is 57.5 Å². The van der Waals surface area contributed by atoms with Crippen LogP contribution in [-0.4, -0.2) is 77.8 Å². The second-order valence-electron chi connectivity index (χ2n) is 8.81. The molecule has 33 heavy (non-hydrogen) atoms. The van der Waals surface area contributed by atoms with Crippen LogP contribution in [0.5, 0.6) is 5.75 Å². The van der Waals surface area contributed by atoms with E-state index in [2.05, 4.69) is 10.2 Å². The van der Waals surface area contributed by atoms with Crippen molar-refractivity contribution in [2.45, 2.75) is 63.5 Å². The standard InChI is InChI=1S/C24H35N3O6/c28-22(29)16-27-20-11-5-6-12-21(20)33-17-19(23(27)30)25-18(24(31)32)10-4-1-2-7-13-26-14-8-3-9-15-26/h5-6,11-12,18-19,25H,1-4,7-10,13-17H2,(H,28,29)(H,31,32)/t18-,19?/m0/s1. The minimum absolute atomic E-state index is 0.0639. The van der Waals surface area contributed by atoms with E-state index < -0.39 is 36.5 Å². The zero-order valence-electron chi connectivity index (χ0n) is 19.1. The maximum Gasteiger partial charge on any atom is 0.323 e. The molecule has 0 saturated carbocycles. The first-order valence-electron chi connectivity index (χ1n) is 11.9. The van der Waals surface area contributed by atoms with E-state index in [0.717, 1.165) is 37.1 Å². The van der Waals surface area contributed by atoms with Crippen molar-refractivity contribution in [3.8, 4) is 5.75 Å². The summed E-state index contributed by atoms with van der Waals surface area (Å²) in [6, 6.07) is 4.87. The van der Waals surface area contributed by atoms with E-state index in [9.17, 15) is 24.6 Å². The van der Waals surface area contributed by atoms with E-state index in [-0.39, 0.29) is 6.61 Å². The van der Waals surface area contributed by atoms with Gasteiger partial charge in [-0.3, -0.25) is 24.6 Å². The monoisotopic (exact) mass is 461 g/mol. The average Bonchev–Trinajstić information content (AvgIpc) is 2.93. The lowest BCUT2D eigenvalue weighted by Gasteiger charge is -2.26. The van der Waals surface area contributed by atoms with E-state index in [4.69, 9.17) is 4.74 Å². The second-order valence-corrected chi connectivity index (χ2v) is 8.81. The van der Waals surface area contributed by atoms with Crippen LogP contribution in [0.15, 0.2) is 24.3 Å². The lowest BCUT2D eigenvalue weighted by Crippen LogP contribution is -2.54. The van der Waals surface area contributed by atoms with Crippen LogP contribution in [0.2, 0.25) is 0 Å². The van der Waals surface area contributed by atoms with Gasteiger partial charge in [-0.15, -0.1) is 0 Å². The highest BCUT2D eigenvalue weighted by Crippen LogP contribution is 2.31. The third-order valence-electron chi connectivity index (χ3n) is 6.29. The molecule has 1 aromatic carbocycles. The molecular formula is C24H35N3O6. The predicted octanol–water partition coefficient (Wildman–Crippen LogP) is 2.34. The van der Waals surface area contributed by atoms with Gasteiger partial charge in [0.05, 0.1) is 5.69 Å². The van der Waals surface area contributed by atoms with Crippen LogP contribution < -0.4 is 15.0 Å². The summed E-state index contributed by atoms with van der Waals surface area (Å²) < 4.78 is 5.72. The van der Waals surface area contributed by atoms with E-state index >= 15 is 0 Å². The molecule has 9 nitrogen and oxygen atoms in total. The molecule has 3 N–H and O–H groups in total. The number of carboxylic acids is 2. The number of carboxylic acid groups (broad SMARTS) is 2. The van der Waals surface area contributed by atoms with Crippen molar-refractivity contribution in [3.63, 3.8) is 0 Å². The normalized spacial score (nSPS) is 19.9. The Hall–Kier alpha value is -2.65. The van der Waals surface area contributed by atoms with Gasteiger partial charge >= 0.3 is 11.9 Å². The van der Waals surface area contributed by atoms with Crippen molar-refractivity contribution in [2.75, 3.05) is 37.7 Å². The van der Waals surface area contributed by atoms with Crippen molar-refractivity contribution in [3.05, 3.63) is 24.3 Å². The van der Waals surface area contributed by atoms with Gasteiger partial charge < -0.3 is 19.8 Å². The summed E-state index contributed by atoms with van der Waals surface area (Å²) >= 11 is 0. The molecular weight excluding hydrogens is 426 g/mol. The number of nitrogens with one attached hydrogen (secondary N) is 1. The molecule has 0 aromatic heterocycles. The molecule has 3 rings (SSSR count). The van der Waals surface area contributed by atoms with Crippen LogP contribution in [0.3, 0.4) is 0 Å². The molecule has 1 amide bonds. The highest BCUT2D eigenvalue weighted by atomic mass is 16.5. The fourth-order valence-electron chi connectivity index (χ4n) is 4.51. The lowest BCUT2D eigenvalue weighted by molar-refractivity contribution is -0.141. The SMILES string of the molecule is O=C(O)CN1C(=O)C(N[C@@H](CCCCCCN2CCCCC2)C(=O)O)COc2ccccc21. The quantitative estimate of drug-likeness (QED) is 0.406. The molecule has 0 radical (unpaired) electrons. The number of carbonyl (C=O) groups is 3. The van der Waals surface area contributed by atoms with Crippen LogP contribution >= 0.6 is 0 Å². The maximum absolute atomic E-state index is 13.1. The number of para-hydroxylation sites is 2. The number of piperidine rings is 1. The number of nitrogens with zero attached hydrogens (tertiary/aromatic N) is 2. The largest absolute Gasteiger partial charge is 0.489 e. The molecule has 182 valence electrons. The van der Waals surface area contributed by atoms with Gasteiger partial charge in [0.25, 0.3) is 0 Å². The molecule has 1 saturated heterocycles. The highest BCUT2D eigenvalue weighted by molar-refractivity contribution is 6.02. The number of carbonyl (C=O) groups excluding carboxylic acids is 1. The number of likely N-dealkylation sites (tertiary alicyclic amines) is 1. The summed E-state index contributed by atoms with van der Waals surface area (Å²) in [7, 11) is 0. The van der Waals surface area contributed by atoms with Crippen LogP contribution in [0, 0.1) is 0 Å². The van der Waals surface area contributed by atoms with E-state index in [0.29, 0.717) is 17.9 Å². The minimum Gasteiger partial charge on any atom is -0.489 e. The van der Waals surface area contributed by atoms with Crippen LogP contribution in [0.25, 0.3) is 0 Å². The predicted molar refractivity (Wildman–Crippen MR) is 124 cm³/mol. The third-order valence-corrected chi connectivity index (χ3v) is 6.29. The van der Waals surface area contributed by atoms with Gasteiger partial charge in [0.1, 0.15) is 31.0 Å². The third kappa shape index (κ3) is 7.43. The summed E-state index contributed by atoms with van der Waals surface area (Å²) in [6.45, 7) is 2.89. The maximum atomic E-state index is 13.1. The van der Waals surface area contributed by atoms with Gasteiger partial charge in [-0.25, -0.2) is 0 Å². The first kappa shape index (κ1) is 25.0. The summed E-state index contributed by atoms with van der Waals surface area (Å²) in [5.41, 5.74) is 0.370. The zero-order valence-corrected chi connectivity index (χ0v) is 19.1. The molecule has 2 aliphatic heterocycles. The molecule has 2 atom stereocenters. The Labute approximate surface area is 194 Å². The molecule has 0 bridgehead atoms. The van der Waals surface area contributed by atoms with Gasteiger partial charge in [-0.1, -0.05) is 37.8 Å². The van der Waals surface area contributed by atoms with Crippen LogP contribution in [0.1, 0.15) is 51.4 Å². The Bertz CT molecular complexity index is 811. The molecule has 1 aromatic rings. The topological polar surface area (TPSA) is 119 Å². The molecule has 2 heterocycles.